The largest absolute Gasteiger partial charge is 0.325 e. The Bertz CT molecular complexity index is 438. The summed E-state index contributed by atoms with van der Waals surface area (Å²) in [6.07, 6.45) is 0.896. The monoisotopic (exact) mass is 266 g/mol. The van der Waals surface area contributed by atoms with Crippen LogP contribution >= 0.6 is 15.9 Å². The maximum atomic E-state index is 12.0. The van der Waals surface area contributed by atoms with Crippen LogP contribution in [0.15, 0.2) is 22.7 Å². The van der Waals surface area contributed by atoms with Crippen molar-refractivity contribution in [3.05, 3.63) is 28.2 Å². The van der Waals surface area contributed by atoms with E-state index in [2.05, 4.69) is 26.6 Å². The minimum atomic E-state index is -0.309. The molecule has 3 nitrogen and oxygen atoms in total. The number of carbonyl (C=O) groups excluding carboxylic acids is 1. The molecule has 0 unspecified atom stereocenters. The fraction of sp³-hybridized carbons (Fsp3) is 0.364. The van der Waals surface area contributed by atoms with E-state index in [-0.39, 0.29) is 11.3 Å². The Hall–Kier alpha value is -0.870. The predicted octanol–water partition coefficient (Wildman–Crippen LogP) is 1.63. The van der Waals surface area contributed by atoms with E-state index < -0.39 is 0 Å². The highest BCUT2D eigenvalue weighted by molar-refractivity contribution is 9.10. The van der Waals surface area contributed by atoms with E-state index in [1.54, 1.807) is 0 Å². The summed E-state index contributed by atoms with van der Waals surface area (Å²) in [4.78, 5) is 12.0. The number of amides is 1. The number of hydrogen-bond donors (Lipinski definition) is 2. The second-order valence-corrected chi connectivity index (χ2v) is 5.07. The van der Waals surface area contributed by atoms with Crippen LogP contribution in [0.5, 0.6) is 0 Å². The summed E-state index contributed by atoms with van der Waals surface area (Å²) in [5.74, 6) is 0.139. The summed E-state index contributed by atoms with van der Waals surface area (Å²) in [6, 6.07) is 6.02. The molecule has 2 N–H and O–H groups in total. The summed E-state index contributed by atoms with van der Waals surface area (Å²) >= 11 is 3.41. The third-order valence-electron chi connectivity index (χ3n) is 3.34. The zero-order chi connectivity index (χ0) is 10.5. The molecule has 3 rings (SSSR count). The highest BCUT2D eigenvalue weighted by Crippen LogP contribution is 2.42. The highest BCUT2D eigenvalue weighted by atomic mass is 79.9. The van der Waals surface area contributed by atoms with E-state index in [9.17, 15) is 4.79 Å². The van der Waals surface area contributed by atoms with Gasteiger partial charge >= 0.3 is 0 Å². The fourth-order valence-electron chi connectivity index (χ4n) is 2.52. The van der Waals surface area contributed by atoms with Gasteiger partial charge in [-0.25, -0.2) is 0 Å². The third-order valence-corrected chi connectivity index (χ3v) is 3.83. The van der Waals surface area contributed by atoms with Crippen LogP contribution < -0.4 is 10.6 Å². The molecule has 78 valence electrons. The Morgan fingerprint density at radius 1 is 1.40 bits per heavy atom. The minimum Gasteiger partial charge on any atom is -0.325 e. The summed E-state index contributed by atoms with van der Waals surface area (Å²) in [5, 5.41) is 6.23. The molecule has 1 amide bonds. The Labute approximate surface area is 96.4 Å². The van der Waals surface area contributed by atoms with Crippen molar-refractivity contribution in [1.82, 2.24) is 5.32 Å². The lowest BCUT2D eigenvalue weighted by Gasteiger charge is -2.19. The van der Waals surface area contributed by atoms with Gasteiger partial charge in [-0.3, -0.25) is 4.79 Å². The van der Waals surface area contributed by atoms with Crippen LogP contribution in [-0.2, 0) is 10.2 Å². The van der Waals surface area contributed by atoms with E-state index in [0.717, 1.165) is 35.2 Å². The highest BCUT2D eigenvalue weighted by Gasteiger charge is 2.48. The van der Waals surface area contributed by atoms with Crippen molar-refractivity contribution in [2.24, 2.45) is 0 Å². The molecule has 0 radical (unpaired) electrons. The molecule has 2 heterocycles. The molecule has 0 saturated carbocycles. The maximum absolute atomic E-state index is 12.0. The molecule has 1 atom stereocenters. The summed E-state index contributed by atoms with van der Waals surface area (Å²) in [5.41, 5.74) is 1.79. The van der Waals surface area contributed by atoms with Gasteiger partial charge in [0.05, 0.1) is 5.41 Å². The first kappa shape index (κ1) is 9.36. The third kappa shape index (κ3) is 1.18. The number of fused-ring (bicyclic) bond motifs is 2. The number of nitrogens with one attached hydrogen (secondary N) is 2. The fourth-order valence-corrected chi connectivity index (χ4v) is 2.88. The first-order valence-electron chi connectivity index (χ1n) is 5.05. The van der Waals surface area contributed by atoms with E-state index in [4.69, 9.17) is 0 Å². The van der Waals surface area contributed by atoms with Gasteiger partial charge in [0, 0.05) is 16.7 Å². The number of carbonyl (C=O) groups is 1. The zero-order valence-corrected chi connectivity index (χ0v) is 9.73. The van der Waals surface area contributed by atoms with Crippen molar-refractivity contribution >= 4 is 27.5 Å². The van der Waals surface area contributed by atoms with Gasteiger partial charge in [0.2, 0.25) is 5.91 Å². The van der Waals surface area contributed by atoms with Crippen molar-refractivity contribution in [1.29, 1.82) is 0 Å². The van der Waals surface area contributed by atoms with E-state index in [0.29, 0.717) is 0 Å². The summed E-state index contributed by atoms with van der Waals surface area (Å²) in [6.45, 7) is 1.68. The number of halogens is 1. The Morgan fingerprint density at radius 2 is 2.27 bits per heavy atom. The van der Waals surface area contributed by atoms with Crippen molar-refractivity contribution in [2.75, 3.05) is 18.4 Å². The first-order chi connectivity index (χ1) is 7.22. The van der Waals surface area contributed by atoms with Gasteiger partial charge in [0.1, 0.15) is 0 Å². The van der Waals surface area contributed by atoms with Gasteiger partial charge in [-0.2, -0.15) is 0 Å². The molecule has 15 heavy (non-hydrogen) atoms. The van der Waals surface area contributed by atoms with Crippen molar-refractivity contribution in [3.8, 4) is 0 Å². The van der Waals surface area contributed by atoms with Gasteiger partial charge in [-0.1, -0.05) is 22.0 Å². The Balaban J connectivity index is 2.17. The molecule has 1 aromatic rings. The second kappa shape index (κ2) is 3.06. The topological polar surface area (TPSA) is 41.1 Å². The second-order valence-electron chi connectivity index (χ2n) is 4.15. The molecular formula is C11H11BrN2O. The molecule has 2 aliphatic rings. The minimum absolute atomic E-state index is 0.139. The number of rotatable bonds is 0. The average molecular weight is 267 g/mol. The van der Waals surface area contributed by atoms with Gasteiger partial charge in [0.15, 0.2) is 0 Å². The quantitative estimate of drug-likeness (QED) is 0.750. The van der Waals surface area contributed by atoms with E-state index >= 15 is 0 Å². The molecule has 0 bridgehead atoms. The standard InChI is InChI=1S/C11H11BrN2O/c12-7-1-2-8-9(5-7)14-10(15)11(8)3-4-13-6-11/h1-2,5,13H,3-4,6H2,(H,14,15)/t11-/m0/s1. The first-order valence-corrected chi connectivity index (χ1v) is 5.84. The van der Waals surface area contributed by atoms with Gasteiger partial charge in [-0.05, 0) is 30.7 Å². The van der Waals surface area contributed by atoms with Gasteiger partial charge in [0.25, 0.3) is 0 Å². The van der Waals surface area contributed by atoms with Crippen molar-refractivity contribution in [3.63, 3.8) is 0 Å². The predicted molar refractivity (Wildman–Crippen MR) is 61.9 cm³/mol. The number of anilines is 1. The van der Waals surface area contributed by atoms with E-state index in [1.165, 1.54) is 0 Å². The molecule has 1 fully saturated rings. The van der Waals surface area contributed by atoms with Crippen LogP contribution in [0.2, 0.25) is 0 Å². The van der Waals surface area contributed by atoms with Crippen LogP contribution in [-0.4, -0.2) is 19.0 Å². The molecule has 1 aromatic carbocycles. The molecule has 2 aliphatic heterocycles. The number of hydrogen-bond acceptors (Lipinski definition) is 2. The molecule has 0 aromatic heterocycles. The smallest absolute Gasteiger partial charge is 0.236 e. The van der Waals surface area contributed by atoms with Crippen molar-refractivity contribution < 1.29 is 4.79 Å². The molecule has 4 heteroatoms. The molecular weight excluding hydrogens is 256 g/mol. The van der Waals surface area contributed by atoms with Crippen molar-refractivity contribution in [2.45, 2.75) is 11.8 Å². The SMILES string of the molecule is O=C1Nc2cc(Br)ccc2[C@@]12CCNC2. The Morgan fingerprint density at radius 3 is 3.00 bits per heavy atom. The van der Waals surface area contributed by atoms with Crippen LogP contribution in [0.1, 0.15) is 12.0 Å². The van der Waals surface area contributed by atoms with Crippen LogP contribution in [0.4, 0.5) is 5.69 Å². The molecule has 1 spiro atoms. The van der Waals surface area contributed by atoms with Gasteiger partial charge in [-0.15, -0.1) is 0 Å². The average Bonchev–Trinajstić information content (AvgIpc) is 2.76. The lowest BCUT2D eigenvalue weighted by Crippen LogP contribution is -2.36. The Kier molecular flexibility index (Phi) is 1.91. The lowest BCUT2D eigenvalue weighted by molar-refractivity contribution is -0.120. The van der Waals surface area contributed by atoms with Crippen LogP contribution in [0.25, 0.3) is 0 Å². The summed E-state index contributed by atoms with van der Waals surface area (Å²) in [7, 11) is 0. The van der Waals surface area contributed by atoms with Crippen LogP contribution in [0, 0.1) is 0 Å². The molecule has 0 aliphatic carbocycles. The lowest BCUT2D eigenvalue weighted by atomic mass is 9.81. The molecule has 1 saturated heterocycles. The maximum Gasteiger partial charge on any atom is 0.236 e. The normalized spacial score (nSPS) is 28.2. The van der Waals surface area contributed by atoms with Crippen LogP contribution in [0.3, 0.4) is 0 Å². The number of benzene rings is 1. The summed E-state index contributed by atoms with van der Waals surface area (Å²) < 4.78 is 1.00. The zero-order valence-electron chi connectivity index (χ0n) is 8.14. The van der Waals surface area contributed by atoms with Gasteiger partial charge < -0.3 is 10.6 Å². The van der Waals surface area contributed by atoms with E-state index in [1.807, 2.05) is 18.2 Å².